The van der Waals surface area contributed by atoms with Crippen LogP contribution in [0.3, 0.4) is 0 Å². The van der Waals surface area contributed by atoms with Crippen LogP contribution in [0.15, 0.2) is 54.6 Å². The number of hydrogen-bond donors (Lipinski definition) is 0. The van der Waals surface area contributed by atoms with Crippen molar-refractivity contribution in [2.75, 3.05) is 9.80 Å². The predicted molar refractivity (Wildman–Crippen MR) is 236 cm³/mol. The van der Waals surface area contributed by atoms with Crippen LogP contribution >= 0.6 is 7.92 Å². The van der Waals surface area contributed by atoms with Gasteiger partial charge in [-0.2, -0.15) is 0 Å². The molecule has 6 heteroatoms. The Hall–Kier alpha value is -1.37. The van der Waals surface area contributed by atoms with Gasteiger partial charge in [0.2, 0.25) is 0 Å². The van der Waals surface area contributed by atoms with Gasteiger partial charge in [0, 0.05) is 0 Å². The van der Waals surface area contributed by atoms with Gasteiger partial charge in [-0.05, 0) is 55.5 Å². The Morgan fingerprint density at radius 1 is 0.482 bits per heavy atom. The number of aryl methyl sites for hydroxylation is 6. The van der Waals surface area contributed by atoms with Gasteiger partial charge in [0.1, 0.15) is 0 Å². The van der Waals surface area contributed by atoms with Crippen molar-refractivity contribution in [2.24, 2.45) is 0 Å². The maximum absolute atomic E-state index is 2.80. The van der Waals surface area contributed by atoms with E-state index in [-0.39, 0.29) is 41.0 Å². The van der Waals surface area contributed by atoms with Crippen LogP contribution in [0.4, 0.5) is 11.4 Å². The summed E-state index contributed by atoms with van der Waals surface area (Å²) in [6.45, 7) is 13.7. The minimum atomic E-state index is -0.119. The predicted octanol–water partition coefficient (Wildman–Crippen LogP) is 7.67. The Balaban J connectivity index is 0.000000242. The van der Waals surface area contributed by atoms with Crippen molar-refractivity contribution < 1.29 is 41.0 Å². The molecule has 5 aliphatic rings. The second kappa shape index (κ2) is 21.8. The van der Waals surface area contributed by atoms with E-state index >= 15 is 0 Å². The van der Waals surface area contributed by atoms with Gasteiger partial charge in [-0.3, -0.25) is 0 Å². The Morgan fingerprint density at radius 2 is 0.821 bits per heavy atom. The monoisotopic (exact) mass is 902 g/mol. The van der Waals surface area contributed by atoms with E-state index in [9.17, 15) is 0 Å². The molecule has 308 valence electrons. The van der Waals surface area contributed by atoms with E-state index in [0.29, 0.717) is 20.0 Å². The van der Waals surface area contributed by atoms with Crippen LogP contribution in [-0.2, 0) is 16.2 Å². The van der Waals surface area contributed by atoms with E-state index in [1.165, 1.54) is 117 Å². The summed E-state index contributed by atoms with van der Waals surface area (Å²) in [5, 5.41) is 0. The average Bonchev–Trinajstić information content (AvgIpc) is 3.48. The number of nitrogens with zero attached hydrogens (tertiary/aromatic N) is 2. The quantitative estimate of drug-likeness (QED) is 0.185. The van der Waals surface area contributed by atoms with Crippen molar-refractivity contribution in [3.05, 3.63) is 93.5 Å². The average molecular weight is 903 g/mol. The molecule has 2 nitrogen and oxygen atoms in total. The fraction of sp³-hybridized carbons (Fsp3) is 0.600. The maximum atomic E-state index is 2.80. The van der Waals surface area contributed by atoms with Crippen LogP contribution in [0, 0.1) is 41.5 Å². The molecule has 0 amide bonds. The van der Waals surface area contributed by atoms with Gasteiger partial charge in [-0.25, -0.2) is 0 Å². The molecule has 0 N–H and O–H groups in total. The van der Waals surface area contributed by atoms with Crippen LogP contribution < -0.4 is 34.6 Å². The Morgan fingerprint density at radius 3 is 1.18 bits per heavy atom. The SMILES string of the molecule is C1CCC(P(C2CCCCC2)C2CCCCC2)CC1.Cc1cc(C)c(N2[C](=[Ru+2]=[CH]c3ccccc3)N(c3c(C)cc(C)cc3C)C3CCCCC32)c(C)c1.[Cl-].[Cl-]. The van der Waals surface area contributed by atoms with Crippen molar-refractivity contribution in [2.45, 2.75) is 193 Å². The van der Waals surface area contributed by atoms with E-state index in [1.54, 1.807) is 77.0 Å². The molecule has 5 fully saturated rings. The van der Waals surface area contributed by atoms with E-state index in [2.05, 4.69) is 111 Å². The third-order valence-corrected chi connectivity index (χ3v) is 19.7. The Kier molecular flexibility index (Phi) is 17.8. The number of rotatable bonds is 6. The molecule has 1 aliphatic heterocycles. The number of benzene rings is 3. The van der Waals surface area contributed by atoms with Crippen LogP contribution in [0.2, 0.25) is 0 Å². The molecule has 1 saturated heterocycles. The van der Waals surface area contributed by atoms with E-state index < -0.39 is 0 Å². The largest absolute Gasteiger partial charge is 1.00 e. The first kappa shape index (κ1) is 45.7. The zero-order chi connectivity index (χ0) is 37.6. The molecule has 2 atom stereocenters. The molecule has 8 rings (SSSR count). The smallest absolute Gasteiger partial charge is 1.00 e. The summed E-state index contributed by atoms with van der Waals surface area (Å²) in [7, 11) is 0.385. The summed E-state index contributed by atoms with van der Waals surface area (Å²) >= 11 is -0.119. The first-order chi connectivity index (χ1) is 26.3. The van der Waals surface area contributed by atoms with Crippen molar-refractivity contribution in [3.63, 3.8) is 0 Å². The third kappa shape index (κ3) is 10.7. The molecule has 2 unspecified atom stereocenters. The van der Waals surface area contributed by atoms with E-state index in [1.807, 2.05) is 0 Å². The second-order valence-corrected chi connectivity index (χ2v) is 22.7. The second-order valence-electron chi connectivity index (χ2n) is 17.8. The number of hydrogen-bond acceptors (Lipinski definition) is 2. The fourth-order valence-corrected chi connectivity index (χ4v) is 18.4. The van der Waals surface area contributed by atoms with Crippen LogP contribution in [0.25, 0.3) is 0 Å². The molecular weight excluding hydrogens is 832 g/mol. The fourth-order valence-electron chi connectivity index (χ4n) is 11.4. The molecule has 0 spiro atoms. The molecule has 56 heavy (non-hydrogen) atoms. The minimum Gasteiger partial charge on any atom is -1.00 e. The first-order valence-corrected chi connectivity index (χ1v) is 25.6. The van der Waals surface area contributed by atoms with E-state index in [4.69, 9.17) is 0 Å². The van der Waals surface area contributed by atoms with Gasteiger partial charge < -0.3 is 24.8 Å². The third-order valence-electron chi connectivity index (χ3n) is 13.5. The first-order valence-electron chi connectivity index (χ1n) is 22.2. The summed E-state index contributed by atoms with van der Waals surface area (Å²) < 4.78 is 4.04. The zero-order valence-electron chi connectivity index (χ0n) is 35.5. The van der Waals surface area contributed by atoms with Gasteiger partial charge in [-0.1, -0.05) is 65.7 Å². The van der Waals surface area contributed by atoms with Gasteiger partial charge >= 0.3 is 219 Å². The van der Waals surface area contributed by atoms with Gasteiger partial charge in [0.25, 0.3) is 0 Å². The normalized spacial score (nSPS) is 22.1. The molecule has 0 bridgehead atoms. The van der Waals surface area contributed by atoms with Gasteiger partial charge in [-0.15, -0.1) is 0 Å². The van der Waals surface area contributed by atoms with Crippen LogP contribution in [0.5, 0.6) is 0 Å². The Bertz CT molecular complexity index is 1600. The molecule has 0 aromatic heterocycles. The van der Waals surface area contributed by atoms with Gasteiger partial charge in [0.05, 0.1) is 0 Å². The summed E-state index contributed by atoms with van der Waals surface area (Å²) in [6, 6.07) is 21.5. The number of fused-ring (bicyclic) bond motifs is 1. The summed E-state index contributed by atoms with van der Waals surface area (Å²) in [5.41, 5.74) is 16.1. The summed E-state index contributed by atoms with van der Waals surface area (Å²) in [6.07, 6.45) is 28.8. The summed E-state index contributed by atoms with van der Waals surface area (Å²) in [4.78, 5) is 5.59. The molecular formula is C50H71Cl2N2PRu. The zero-order valence-corrected chi connectivity index (χ0v) is 39.7. The molecule has 0 radical (unpaired) electrons. The maximum Gasteiger partial charge on any atom is -1.00 e. The molecule has 4 aliphatic carbocycles. The van der Waals surface area contributed by atoms with Gasteiger partial charge in [0.15, 0.2) is 0 Å². The number of anilines is 2. The van der Waals surface area contributed by atoms with Crippen molar-refractivity contribution in [3.8, 4) is 0 Å². The molecule has 3 aromatic carbocycles. The van der Waals surface area contributed by atoms with Crippen molar-refractivity contribution >= 4 is 28.3 Å². The van der Waals surface area contributed by atoms with Crippen molar-refractivity contribution in [1.82, 2.24) is 0 Å². The standard InChI is InChI=1S/C25H32N2.C18H33P.C7H6.2ClH.Ru/c1-16-11-18(3)24(19(4)12-16)26-15-27(23-10-8-7-9-22(23)26)25-20(5)13-17(2)14-21(25)6;1-4-10-16(11-5-1)19(17-12-6-2-7-13-17)18-14-8-3-9-15-18;1-7-5-3-2-4-6-7;;;/h11-14,22-23H,7-10H2,1-6H3;16-18H,1-15H2;1-6H;2*1H;/q;;;;;+2/p-2. The van der Waals surface area contributed by atoms with Crippen LogP contribution in [-0.4, -0.2) is 38.0 Å². The topological polar surface area (TPSA) is 6.48 Å². The molecule has 4 saturated carbocycles. The Labute approximate surface area is 363 Å². The number of halogens is 2. The minimum absolute atomic E-state index is 0. The van der Waals surface area contributed by atoms with Crippen molar-refractivity contribution in [1.29, 1.82) is 0 Å². The van der Waals surface area contributed by atoms with E-state index in [0.717, 1.165) is 0 Å². The molecule has 1 heterocycles. The summed E-state index contributed by atoms with van der Waals surface area (Å²) in [5.74, 6) is 0. The van der Waals surface area contributed by atoms with Crippen LogP contribution in [0.1, 0.15) is 161 Å². The molecule has 3 aromatic rings.